The molecular formula is C17H17Cl2N. The maximum absolute atomic E-state index is 6.19. The van der Waals surface area contributed by atoms with Crippen LogP contribution in [0.15, 0.2) is 48.5 Å². The van der Waals surface area contributed by atoms with Crippen molar-refractivity contribution in [1.82, 2.24) is 0 Å². The van der Waals surface area contributed by atoms with Crippen molar-refractivity contribution in [3.63, 3.8) is 0 Å². The van der Waals surface area contributed by atoms with Crippen LogP contribution in [-0.4, -0.2) is 6.04 Å². The minimum atomic E-state index is -0.00536. The fraction of sp³-hybridized carbons (Fsp3) is 0.294. The zero-order valence-electron chi connectivity index (χ0n) is 11.2. The molecule has 0 spiro atoms. The van der Waals surface area contributed by atoms with E-state index in [-0.39, 0.29) is 11.5 Å². The fourth-order valence-corrected chi connectivity index (χ4v) is 3.56. The van der Waals surface area contributed by atoms with Gasteiger partial charge in [-0.05, 0) is 54.7 Å². The van der Waals surface area contributed by atoms with Crippen LogP contribution >= 0.6 is 23.2 Å². The van der Waals surface area contributed by atoms with Crippen LogP contribution in [0.3, 0.4) is 0 Å². The molecule has 1 aliphatic carbocycles. The minimum absolute atomic E-state index is 0.00536. The third-order valence-corrected chi connectivity index (χ3v) is 4.85. The summed E-state index contributed by atoms with van der Waals surface area (Å²) in [4.78, 5) is 0. The summed E-state index contributed by atoms with van der Waals surface area (Å²) in [7, 11) is 0. The van der Waals surface area contributed by atoms with Gasteiger partial charge in [0, 0.05) is 21.5 Å². The van der Waals surface area contributed by atoms with Crippen LogP contribution < -0.4 is 5.73 Å². The monoisotopic (exact) mass is 305 g/mol. The van der Waals surface area contributed by atoms with Gasteiger partial charge < -0.3 is 5.73 Å². The van der Waals surface area contributed by atoms with E-state index in [9.17, 15) is 0 Å². The first kappa shape index (κ1) is 13.9. The first-order chi connectivity index (χ1) is 9.60. The molecule has 2 aromatic rings. The minimum Gasteiger partial charge on any atom is -0.328 e. The summed E-state index contributed by atoms with van der Waals surface area (Å²) < 4.78 is 0. The summed E-state index contributed by atoms with van der Waals surface area (Å²) in [6.45, 7) is 0. The molecule has 0 heterocycles. The molecule has 1 aliphatic rings. The number of hydrogen-bond acceptors (Lipinski definition) is 1. The van der Waals surface area contributed by atoms with E-state index >= 15 is 0 Å². The standard InChI is InChI=1S/C17H17Cl2N/c18-14-5-1-12(2-6-14)17(10-9-16(20)11-17)13-3-7-15(19)8-4-13/h1-8,16H,9-11,20H2. The molecule has 0 aromatic heterocycles. The zero-order valence-corrected chi connectivity index (χ0v) is 12.7. The van der Waals surface area contributed by atoms with Gasteiger partial charge in [0.05, 0.1) is 0 Å². The summed E-state index contributed by atoms with van der Waals surface area (Å²) in [5.41, 5.74) is 8.77. The largest absolute Gasteiger partial charge is 0.328 e. The number of hydrogen-bond donors (Lipinski definition) is 1. The lowest BCUT2D eigenvalue weighted by atomic mass is 9.73. The number of benzene rings is 2. The highest BCUT2D eigenvalue weighted by atomic mass is 35.5. The topological polar surface area (TPSA) is 26.0 Å². The summed E-state index contributed by atoms with van der Waals surface area (Å²) >= 11 is 12.0. The van der Waals surface area contributed by atoms with Gasteiger partial charge in [0.1, 0.15) is 0 Å². The Kier molecular flexibility index (Phi) is 3.76. The molecule has 1 saturated carbocycles. The molecule has 0 radical (unpaired) electrons. The molecule has 0 amide bonds. The average Bonchev–Trinajstić information content (AvgIpc) is 2.84. The predicted octanol–water partition coefficient (Wildman–Crippen LogP) is 4.79. The highest BCUT2D eigenvalue weighted by Crippen LogP contribution is 2.46. The van der Waals surface area contributed by atoms with Crippen molar-refractivity contribution in [3.05, 3.63) is 69.7 Å². The molecule has 0 aliphatic heterocycles. The first-order valence-electron chi connectivity index (χ1n) is 6.88. The SMILES string of the molecule is NC1CCC(c2ccc(Cl)cc2)(c2ccc(Cl)cc2)C1. The molecule has 2 aromatic carbocycles. The molecule has 1 atom stereocenters. The van der Waals surface area contributed by atoms with Gasteiger partial charge in [0.25, 0.3) is 0 Å². The molecule has 0 bridgehead atoms. The normalized spacial score (nSPS) is 21.1. The van der Waals surface area contributed by atoms with Gasteiger partial charge in [-0.3, -0.25) is 0 Å². The van der Waals surface area contributed by atoms with Crippen molar-refractivity contribution in [3.8, 4) is 0 Å². The highest BCUT2D eigenvalue weighted by molar-refractivity contribution is 6.30. The van der Waals surface area contributed by atoms with Crippen LogP contribution in [0, 0.1) is 0 Å². The summed E-state index contributed by atoms with van der Waals surface area (Å²) in [5.74, 6) is 0. The molecule has 1 unspecified atom stereocenters. The van der Waals surface area contributed by atoms with Gasteiger partial charge in [-0.1, -0.05) is 47.5 Å². The van der Waals surface area contributed by atoms with Gasteiger partial charge in [0.15, 0.2) is 0 Å². The maximum Gasteiger partial charge on any atom is 0.0406 e. The van der Waals surface area contributed by atoms with Crippen LogP contribution in [0.4, 0.5) is 0 Å². The Morgan fingerprint density at radius 1 is 0.850 bits per heavy atom. The molecular weight excluding hydrogens is 289 g/mol. The second-order valence-electron chi connectivity index (χ2n) is 5.60. The van der Waals surface area contributed by atoms with E-state index in [2.05, 4.69) is 24.3 Å². The third-order valence-electron chi connectivity index (χ3n) is 4.35. The second-order valence-corrected chi connectivity index (χ2v) is 6.47. The molecule has 104 valence electrons. The van der Waals surface area contributed by atoms with E-state index in [4.69, 9.17) is 28.9 Å². The third kappa shape index (κ3) is 2.46. The smallest absolute Gasteiger partial charge is 0.0406 e. The lowest BCUT2D eigenvalue weighted by Gasteiger charge is -2.31. The summed E-state index contributed by atoms with van der Waals surface area (Å²) in [6.07, 6.45) is 3.08. The highest BCUT2D eigenvalue weighted by Gasteiger charge is 2.40. The predicted molar refractivity (Wildman–Crippen MR) is 85.5 cm³/mol. The quantitative estimate of drug-likeness (QED) is 0.848. The van der Waals surface area contributed by atoms with Gasteiger partial charge in [-0.25, -0.2) is 0 Å². The number of halogens is 2. The van der Waals surface area contributed by atoms with Crippen LogP contribution in [0.2, 0.25) is 10.0 Å². The summed E-state index contributed by atoms with van der Waals surface area (Å²) in [5, 5.41) is 1.53. The lowest BCUT2D eigenvalue weighted by molar-refractivity contribution is 0.524. The number of nitrogens with two attached hydrogens (primary N) is 1. The van der Waals surface area contributed by atoms with Crippen LogP contribution in [0.25, 0.3) is 0 Å². The maximum atomic E-state index is 6.19. The average molecular weight is 306 g/mol. The van der Waals surface area contributed by atoms with Crippen molar-refractivity contribution in [2.45, 2.75) is 30.7 Å². The van der Waals surface area contributed by atoms with Crippen molar-refractivity contribution in [1.29, 1.82) is 0 Å². The Morgan fingerprint density at radius 3 is 1.65 bits per heavy atom. The Balaban J connectivity index is 2.09. The van der Waals surface area contributed by atoms with Crippen LogP contribution in [0.1, 0.15) is 30.4 Å². The van der Waals surface area contributed by atoms with Crippen LogP contribution in [-0.2, 0) is 5.41 Å². The Morgan fingerprint density at radius 2 is 1.30 bits per heavy atom. The molecule has 3 rings (SSSR count). The fourth-order valence-electron chi connectivity index (χ4n) is 3.31. The number of rotatable bonds is 2. The second kappa shape index (κ2) is 5.40. The molecule has 20 heavy (non-hydrogen) atoms. The summed E-state index contributed by atoms with van der Waals surface area (Å²) in [6, 6.07) is 16.6. The van der Waals surface area contributed by atoms with E-state index in [0.717, 1.165) is 29.3 Å². The Labute approximate surface area is 129 Å². The van der Waals surface area contributed by atoms with Gasteiger partial charge in [-0.15, -0.1) is 0 Å². The molecule has 1 nitrogen and oxygen atoms in total. The molecule has 3 heteroatoms. The van der Waals surface area contributed by atoms with Crippen molar-refractivity contribution < 1.29 is 0 Å². The molecule has 1 fully saturated rings. The van der Waals surface area contributed by atoms with E-state index in [1.54, 1.807) is 0 Å². The van der Waals surface area contributed by atoms with E-state index in [0.29, 0.717) is 0 Å². The van der Waals surface area contributed by atoms with Gasteiger partial charge >= 0.3 is 0 Å². The zero-order chi connectivity index (χ0) is 14.2. The van der Waals surface area contributed by atoms with Crippen LogP contribution in [0.5, 0.6) is 0 Å². The first-order valence-corrected chi connectivity index (χ1v) is 7.63. The van der Waals surface area contributed by atoms with Crippen molar-refractivity contribution in [2.24, 2.45) is 5.73 Å². The van der Waals surface area contributed by atoms with E-state index in [1.165, 1.54) is 11.1 Å². The van der Waals surface area contributed by atoms with E-state index in [1.807, 2.05) is 24.3 Å². The van der Waals surface area contributed by atoms with Crippen molar-refractivity contribution in [2.75, 3.05) is 0 Å². The van der Waals surface area contributed by atoms with Crippen molar-refractivity contribution >= 4 is 23.2 Å². The van der Waals surface area contributed by atoms with E-state index < -0.39 is 0 Å². The van der Waals surface area contributed by atoms with Gasteiger partial charge in [0.2, 0.25) is 0 Å². The molecule has 2 N–H and O–H groups in total. The van der Waals surface area contributed by atoms with Gasteiger partial charge in [-0.2, -0.15) is 0 Å². The Hall–Kier alpha value is -1.02. The lowest BCUT2D eigenvalue weighted by Crippen LogP contribution is -2.27. The molecule has 0 saturated heterocycles. The Bertz CT molecular complexity index is 544.